The van der Waals surface area contributed by atoms with E-state index in [4.69, 9.17) is 14.6 Å². The zero-order chi connectivity index (χ0) is 22.4. The fourth-order valence-corrected chi connectivity index (χ4v) is 4.17. The van der Waals surface area contributed by atoms with Crippen molar-refractivity contribution in [2.24, 2.45) is 0 Å². The highest BCUT2D eigenvalue weighted by Gasteiger charge is 2.43. The number of halogens is 3. The topological polar surface area (TPSA) is 95.0 Å². The molecule has 0 aliphatic carbocycles. The van der Waals surface area contributed by atoms with Crippen LogP contribution in [0.15, 0.2) is 11.6 Å². The second-order valence-electron chi connectivity index (χ2n) is 7.58. The van der Waals surface area contributed by atoms with E-state index in [0.717, 1.165) is 38.9 Å². The Kier molecular flexibility index (Phi) is 8.44. The van der Waals surface area contributed by atoms with Crippen LogP contribution in [0.3, 0.4) is 0 Å². The fourth-order valence-electron chi connectivity index (χ4n) is 3.51. The van der Waals surface area contributed by atoms with Crippen LogP contribution in [0.1, 0.15) is 30.7 Å². The summed E-state index contributed by atoms with van der Waals surface area (Å²) in [5, 5.41) is 13.3. The molecule has 2 aliphatic heterocycles. The summed E-state index contributed by atoms with van der Waals surface area (Å²) in [7, 11) is 3.51. The summed E-state index contributed by atoms with van der Waals surface area (Å²) in [6.45, 7) is 3.57. The molecule has 170 valence electrons. The molecule has 0 saturated carbocycles. The lowest BCUT2D eigenvalue weighted by atomic mass is 9.90. The third-order valence-corrected chi connectivity index (χ3v) is 5.71. The first kappa shape index (κ1) is 24.4. The molecule has 8 nitrogen and oxygen atoms in total. The summed E-state index contributed by atoms with van der Waals surface area (Å²) in [5.41, 5.74) is -0.0248. The number of ether oxygens (including phenoxy) is 1. The number of nitrogens with zero attached hydrogens (tertiary/aromatic N) is 3. The summed E-state index contributed by atoms with van der Waals surface area (Å²) in [4.78, 5) is 29.0. The molecule has 1 aromatic heterocycles. The lowest BCUT2D eigenvalue weighted by Crippen LogP contribution is -2.48. The van der Waals surface area contributed by atoms with Crippen molar-refractivity contribution in [3.8, 4) is 0 Å². The van der Waals surface area contributed by atoms with Crippen LogP contribution >= 0.6 is 11.3 Å². The molecule has 3 heterocycles. The number of nitrogens with one attached hydrogen (secondary N) is 1. The van der Waals surface area contributed by atoms with Crippen LogP contribution in [-0.4, -0.2) is 83.5 Å². The van der Waals surface area contributed by atoms with Crippen LogP contribution < -0.4 is 5.32 Å². The highest BCUT2D eigenvalue weighted by atomic mass is 32.1. The zero-order valence-corrected chi connectivity index (χ0v) is 17.8. The number of thiazole rings is 1. The quantitative estimate of drug-likeness (QED) is 0.729. The Morgan fingerprint density at radius 1 is 1.43 bits per heavy atom. The number of urea groups is 1. The van der Waals surface area contributed by atoms with Crippen LogP contribution in [0.4, 0.5) is 18.0 Å². The van der Waals surface area contributed by atoms with Crippen LogP contribution in [-0.2, 0) is 16.1 Å². The van der Waals surface area contributed by atoms with Crippen molar-refractivity contribution in [2.45, 2.75) is 50.1 Å². The Bertz CT molecular complexity index is 702. The molecule has 0 bridgehead atoms. The minimum atomic E-state index is -5.08. The Labute approximate surface area is 177 Å². The summed E-state index contributed by atoms with van der Waals surface area (Å²) in [6.07, 6.45) is 1.32. The normalized spacial score (nSPS) is 24.2. The molecule has 30 heavy (non-hydrogen) atoms. The number of hydrogen-bond donors (Lipinski definition) is 2. The first-order valence-electron chi connectivity index (χ1n) is 9.54. The number of hydrogen-bond acceptors (Lipinski definition) is 6. The summed E-state index contributed by atoms with van der Waals surface area (Å²) in [6, 6.07) is -0.0509. The van der Waals surface area contributed by atoms with Gasteiger partial charge in [0, 0.05) is 45.3 Å². The van der Waals surface area contributed by atoms with Gasteiger partial charge in [-0.2, -0.15) is 13.2 Å². The molecule has 2 amide bonds. The number of aliphatic carboxylic acids is 1. The molecule has 1 spiro atoms. The van der Waals surface area contributed by atoms with Crippen molar-refractivity contribution < 1.29 is 32.6 Å². The molecule has 2 fully saturated rings. The van der Waals surface area contributed by atoms with E-state index in [1.807, 2.05) is 11.6 Å². The monoisotopic (exact) mass is 452 g/mol. The zero-order valence-electron chi connectivity index (χ0n) is 16.9. The lowest BCUT2D eigenvalue weighted by molar-refractivity contribution is -0.192. The summed E-state index contributed by atoms with van der Waals surface area (Å²) < 4.78 is 38.2. The average molecular weight is 452 g/mol. The predicted octanol–water partition coefficient (Wildman–Crippen LogP) is 2.56. The van der Waals surface area contributed by atoms with Crippen molar-refractivity contribution >= 4 is 23.3 Å². The van der Waals surface area contributed by atoms with Gasteiger partial charge in [0.15, 0.2) is 0 Å². The van der Waals surface area contributed by atoms with Gasteiger partial charge in [-0.15, -0.1) is 11.3 Å². The number of likely N-dealkylation sites (tertiary alicyclic amines) is 1. The average Bonchev–Trinajstić information content (AvgIpc) is 3.30. The summed E-state index contributed by atoms with van der Waals surface area (Å²) >= 11 is 1.71. The third kappa shape index (κ3) is 7.40. The van der Waals surface area contributed by atoms with E-state index in [1.54, 1.807) is 30.3 Å². The van der Waals surface area contributed by atoms with E-state index in [9.17, 15) is 18.0 Å². The Hall–Kier alpha value is -1.92. The third-order valence-electron chi connectivity index (χ3n) is 4.94. The number of amides is 2. The minimum Gasteiger partial charge on any atom is -0.475 e. The van der Waals surface area contributed by atoms with Gasteiger partial charge in [-0.3, -0.25) is 4.90 Å². The van der Waals surface area contributed by atoms with Gasteiger partial charge in [-0.05, 0) is 25.7 Å². The predicted molar refractivity (Wildman–Crippen MR) is 104 cm³/mol. The maximum absolute atomic E-state index is 11.7. The van der Waals surface area contributed by atoms with Crippen molar-refractivity contribution in [1.82, 2.24) is 20.1 Å². The molecule has 2 atom stereocenters. The highest BCUT2D eigenvalue weighted by Crippen LogP contribution is 2.37. The number of carbonyl (C=O) groups excluding carboxylic acids is 1. The summed E-state index contributed by atoms with van der Waals surface area (Å²) in [5.74, 6) is -2.76. The highest BCUT2D eigenvalue weighted by molar-refractivity contribution is 7.09. The number of carbonyl (C=O) groups is 2. The Morgan fingerprint density at radius 2 is 2.13 bits per heavy atom. The van der Waals surface area contributed by atoms with E-state index in [0.29, 0.717) is 6.54 Å². The first-order chi connectivity index (χ1) is 14.0. The number of aromatic nitrogens is 1. The van der Waals surface area contributed by atoms with Gasteiger partial charge in [0.25, 0.3) is 0 Å². The van der Waals surface area contributed by atoms with E-state index < -0.39 is 12.1 Å². The lowest BCUT2D eigenvalue weighted by Gasteiger charge is -2.39. The maximum atomic E-state index is 11.7. The standard InChI is InChI=1S/C16H26N4O2S.C2HF3O2/c1-19(2)15(21)18-10-13-4-3-5-16(22-13)6-8-20(12-16)11-14-17-7-9-23-14;3-2(4,5)1(6)7/h7,9,13H,3-6,8,10-12H2,1-2H3,(H,18,21);(H,6,7)/t13-,16-;/m1./s1. The van der Waals surface area contributed by atoms with Crippen LogP contribution in [0, 0.1) is 0 Å². The maximum Gasteiger partial charge on any atom is 0.490 e. The van der Waals surface area contributed by atoms with Gasteiger partial charge in [-0.25, -0.2) is 14.6 Å². The minimum absolute atomic E-state index is 0.0248. The molecule has 12 heteroatoms. The molecule has 2 N–H and O–H groups in total. The SMILES string of the molecule is CN(C)C(=O)NC[C@H]1CCC[C@]2(CCN(Cc3nccs3)C2)O1.O=C(O)C(F)(F)F. The molecular weight excluding hydrogens is 425 g/mol. The molecule has 3 rings (SSSR count). The molecule has 2 saturated heterocycles. The van der Waals surface area contributed by atoms with Crippen molar-refractivity contribution in [2.75, 3.05) is 33.7 Å². The molecule has 0 unspecified atom stereocenters. The van der Waals surface area contributed by atoms with E-state index in [1.165, 1.54) is 11.4 Å². The largest absolute Gasteiger partial charge is 0.490 e. The van der Waals surface area contributed by atoms with Crippen LogP contribution in [0.2, 0.25) is 0 Å². The second kappa shape index (κ2) is 10.4. The molecule has 1 aromatic rings. The number of carboxylic acid groups (broad SMARTS) is 1. The fraction of sp³-hybridized carbons (Fsp3) is 0.722. The Balaban J connectivity index is 0.000000396. The Morgan fingerprint density at radius 3 is 2.70 bits per heavy atom. The number of carboxylic acids is 1. The number of alkyl halides is 3. The van der Waals surface area contributed by atoms with Gasteiger partial charge < -0.3 is 20.1 Å². The van der Waals surface area contributed by atoms with Gasteiger partial charge in [0.05, 0.1) is 18.2 Å². The van der Waals surface area contributed by atoms with E-state index >= 15 is 0 Å². The van der Waals surface area contributed by atoms with Gasteiger partial charge >= 0.3 is 18.2 Å². The van der Waals surface area contributed by atoms with Crippen LogP contribution in [0.25, 0.3) is 0 Å². The smallest absolute Gasteiger partial charge is 0.475 e. The van der Waals surface area contributed by atoms with E-state index in [2.05, 4.69) is 15.2 Å². The van der Waals surface area contributed by atoms with Gasteiger partial charge in [0.1, 0.15) is 5.01 Å². The van der Waals surface area contributed by atoms with Gasteiger partial charge in [-0.1, -0.05) is 0 Å². The van der Waals surface area contributed by atoms with E-state index in [-0.39, 0.29) is 17.7 Å². The van der Waals surface area contributed by atoms with Gasteiger partial charge in [0.2, 0.25) is 0 Å². The van der Waals surface area contributed by atoms with Crippen molar-refractivity contribution in [3.05, 3.63) is 16.6 Å². The van der Waals surface area contributed by atoms with Crippen LogP contribution in [0.5, 0.6) is 0 Å². The molecule has 0 radical (unpaired) electrons. The number of rotatable bonds is 4. The molecule has 0 aromatic carbocycles. The molecular formula is C18H27F3N4O4S. The second-order valence-corrected chi connectivity index (χ2v) is 8.56. The molecule has 2 aliphatic rings. The van der Waals surface area contributed by atoms with Crippen molar-refractivity contribution in [3.63, 3.8) is 0 Å². The van der Waals surface area contributed by atoms with Crippen molar-refractivity contribution in [1.29, 1.82) is 0 Å². The first-order valence-corrected chi connectivity index (χ1v) is 10.4.